The first-order valence-corrected chi connectivity index (χ1v) is 8.05. The molecule has 1 rings (SSSR count). The van der Waals surface area contributed by atoms with Crippen LogP contribution in [0.25, 0.3) is 0 Å². The van der Waals surface area contributed by atoms with Gasteiger partial charge in [0.2, 0.25) is 0 Å². The highest BCUT2D eigenvalue weighted by Crippen LogP contribution is 2.17. The lowest BCUT2D eigenvalue weighted by Gasteiger charge is -2.23. The van der Waals surface area contributed by atoms with E-state index in [2.05, 4.69) is 10.1 Å². The number of nitrogens with one attached hydrogen (secondary N) is 2. The van der Waals surface area contributed by atoms with Crippen molar-refractivity contribution in [2.45, 2.75) is 25.3 Å². The zero-order valence-corrected chi connectivity index (χ0v) is 15.1. The molecule has 0 saturated carbocycles. The number of Topliss-reactive ketones (excluding diaryl/α,β-unsaturated/α-hetero) is 1. The molecule has 10 heteroatoms. The van der Waals surface area contributed by atoms with Crippen LogP contribution in [-0.4, -0.2) is 46.9 Å². The molecule has 1 unspecified atom stereocenters. The first-order chi connectivity index (χ1) is 12.1. The Balaban J connectivity index is 0.000000896. The fourth-order valence-electron chi connectivity index (χ4n) is 1.87. The molecule has 26 heavy (non-hydrogen) atoms. The summed E-state index contributed by atoms with van der Waals surface area (Å²) < 4.78 is 4.17. The third kappa shape index (κ3) is 8.45. The smallest absolute Gasteiger partial charge is 0.403 e. The molecule has 1 atom stereocenters. The molecule has 0 aliphatic rings. The van der Waals surface area contributed by atoms with Crippen LogP contribution in [-0.2, 0) is 9.53 Å². The van der Waals surface area contributed by atoms with Gasteiger partial charge in [0.05, 0.1) is 6.61 Å². The fourth-order valence-corrected chi connectivity index (χ4v) is 1.98. The van der Waals surface area contributed by atoms with E-state index in [-0.39, 0.29) is 24.5 Å². The lowest BCUT2D eigenvalue weighted by molar-refractivity contribution is -0.141. The molecule has 0 amide bonds. The highest BCUT2D eigenvalue weighted by atomic mass is 35.5. The van der Waals surface area contributed by atoms with E-state index >= 15 is 0 Å². The molecule has 0 bridgehead atoms. The lowest BCUT2D eigenvalue weighted by atomic mass is 9.86. The molecule has 1 aromatic carbocycles. The SMILES string of the molecule is CCOC(=O)Cl.N=C(N)NCCCC(N)(C(=O)O)C(=O)c1ccccc1. The third-order valence-electron chi connectivity index (χ3n) is 3.14. The van der Waals surface area contributed by atoms with E-state index in [1.165, 1.54) is 12.1 Å². The molecule has 0 radical (unpaired) electrons. The van der Waals surface area contributed by atoms with Crippen molar-refractivity contribution in [2.24, 2.45) is 11.5 Å². The third-order valence-corrected chi connectivity index (χ3v) is 3.25. The van der Waals surface area contributed by atoms with Crippen LogP contribution in [0.15, 0.2) is 30.3 Å². The summed E-state index contributed by atoms with van der Waals surface area (Å²) in [5.74, 6) is -2.21. The minimum absolute atomic E-state index is 0.0453. The Kier molecular flexibility index (Phi) is 10.6. The number of ketones is 1. The van der Waals surface area contributed by atoms with Gasteiger partial charge in [0.1, 0.15) is 0 Å². The van der Waals surface area contributed by atoms with Gasteiger partial charge in [-0.1, -0.05) is 30.3 Å². The number of guanidine groups is 1. The van der Waals surface area contributed by atoms with E-state index in [4.69, 9.17) is 28.5 Å². The summed E-state index contributed by atoms with van der Waals surface area (Å²) >= 11 is 4.72. The monoisotopic (exact) mass is 386 g/mol. The number of ether oxygens (including phenoxy) is 1. The molecule has 0 aliphatic carbocycles. The predicted molar refractivity (Wildman–Crippen MR) is 97.4 cm³/mol. The van der Waals surface area contributed by atoms with Crippen LogP contribution < -0.4 is 16.8 Å². The molecule has 9 nitrogen and oxygen atoms in total. The molecule has 0 saturated heterocycles. The van der Waals surface area contributed by atoms with Crippen molar-refractivity contribution < 1.29 is 24.2 Å². The molecule has 144 valence electrons. The summed E-state index contributed by atoms with van der Waals surface area (Å²) in [6, 6.07) is 8.08. The predicted octanol–water partition coefficient (Wildman–Crippen LogP) is 1.30. The Morgan fingerprint density at radius 1 is 1.31 bits per heavy atom. The van der Waals surface area contributed by atoms with Gasteiger partial charge in [-0.2, -0.15) is 0 Å². The van der Waals surface area contributed by atoms with Gasteiger partial charge in [-0.25, -0.2) is 9.59 Å². The average Bonchev–Trinajstić information content (AvgIpc) is 2.58. The van der Waals surface area contributed by atoms with Crippen molar-refractivity contribution in [2.75, 3.05) is 13.2 Å². The minimum atomic E-state index is -1.97. The normalized spacial score (nSPS) is 12.0. The summed E-state index contributed by atoms with van der Waals surface area (Å²) in [7, 11) is 0. The molecular weight excluding hydrogens is 364 g/mol. The number of benzene rings is 1. The Labute approximate surface area is 156 Å². The van der Waals surface area contributed by atoms with Crippen molar-refractivity contribution in [1.82, 2.24) is 5.32 Å². The molecule has 0 heterocycles. The van der Waals surface area contributed by atoms with E-state index in [1.807, 2.05) is 0 Å². The zero-order valence-electron chi connectivity index (χ0n) is 14.3. The van der Waals surface area contributed by atoms with Crippen LogP contribution in [0.1, 0.15) is 30.1 Å². The van der Waals surface area contributed by atoms with E-state index < -0.39 is 22.7 Å². The highest BCUT2D eigenvalue weighted by molar-refractivity contribution is 6.61. The Morgan fingerprint density at radius 3 is 2.27 bits per heavy atom. The molecule has 0 aromatic heterocycles. The van der Waals surface area contributed by atoms with Crippen LogP contribution in [0, 0.1) is 5.41 Å². The van der Waals surface area contributed by atoms with E-state index in [9.17, 15) is 19.5 Å². The maximum atomic E-state index is 12.2. The molecule has 0 aliphatic heterocycles. The Hall–Kier alpha value is -2.65. The maximum absolute atomic E-state index is 12.2. The van der Waals surface area contributed by atoms with Crippen molar-refractivity contribution in [1.29, 1.82) is 5.41 Å². The van der Waals surface area contributed by atoms with E-state index in [1.54, 1.807) is 25.1 Å². The molecule has 7 N–H and O–H groups in total. The zero-order chi connectivity index (χ0) is 20.2. The highest BCUT2D eigenvalue weighted by Gasteiger charge is 2.41. The first-order valence-electron chi connectivity index (χ1n) is 7.67. The molecule has 0 spiro atoms. The van der Waals surface area contributed by atoms with Crippen molar-refractivity contribution in [3.05, 3.63) is 35.9 Å². The summed E-state index contributed by atoms with van der Waals surface area (Å²) in [5.41, 5.74) is 8.43. The molecule has 0 fully saturated rings. The van der Waals surface area contributed by atoms with Gasteiger partial charge >= 0.3 is 11.4 Å². The summed E-state index contributed by atoms with van der Waals surface area (Å²) in [5, 5.41) is 18.8. The number of halogens is 1. The second-order valence-electron chi connectivity index (χ2n) is 5.09. The number of nitrogens with two attached hydrogens (primary N) is 2. The van der Waals surface area contributed by atoms with Gasteiger partial charge in [0.25, 0.3) is 0 Å². The maximum Gasteiger partial charge on any atom is 0.403 e. The number of carboxylic acid groups (broad SMARTS) is 1. The van der Waals surface area contributed by atoms with Crippen molar-refractivity contribution >= 4 is 34.7 Å². The number of hydrogen-bond donors (Lipinski definition) is 5. The Morgan fingerprint density at radius 2 is 1.88 bits per heavy atom. The number of carbonyl (C=O) groups is 3. The van der Waals surface area contributed by atoms with Gasteiger partial charge in [-0.3, -0.25) is 10.2 Å². The van der Waals surface area contributed by atoms with Crippen LogP contribution in [0.3, 0.4) is 0 Å². The van der Waals surface area contributed by atoms with Crippen LogP contribution in [0.5, 0.6) is 0 Å². The standard InChI is InChI=1S/C13H18N4O3.C3H5ClO2/c14-12(15)17-8-4-7-13(16,11(19)20)10(18)9-5-2-1-3-6-9;1-2-6-3(4)5/h1-3,5-6H,4,7-8,16H2,(H,19,20)(H4,14,15,17);2H2,1H3. The number of carbonyl (C=O) groups excluding carboxylic acids is 2. The minimum Gasteiger partial charge on any atom is -0.480 e. The average molecular weight is 387 g/mol. The largest absolute Gasteiger partial charge is 0.480 e. The second kappa shape index (κ2) is 11.8. The lowest BCUT2D eigenvalue weighted by Crippen LogP contribution is -2.55. The number of aliphatic carboxylic acids is 1. The summed E-state index contributed by atoms with van der Waals surface area (Å²) in [6.07, 6.45) is 0.261. The van der Waals surface area contributed by atoms with Crippen molar-refractivity contribution in [3.63, 3.8) is 0 Å². The van der Waals surface area contributed by atoms with E-state index in [0.29, 0.717) is 13.0 Å². The quantitative estimate of drug-likeness (QED) is 0.111. The van der Waals surface area contributed by atoms with Gasteiger partial charge in [-0.05, 0) is 19.8 Å². The summed E-state index contributed by atoms with van der Waals surface area (Å²) in [6.45, 7) is 2.33. The molecule has 1 aromatic rings. The van der Waals surface area contributed by atoms with Crippen LogP contribution in [0.2, 0.25) is 0 Å². The van der Waals surface area contributed by atoms with Gasteiger partial charge in [0.15, 0.2) is 17.3 Å². The second-order valence-corrected chi connectivity index (χ2v) is 5.39. The molecular formula is C16H23ClN4O5. The number of carboxylic acids is 1. The van der Waals surface area contributed by atoms with Gasteiger partial charge in [0, 0.05) is 23.7 Å². The Bertz CT molecular complexity index is 626. The van der Waals surface area contributed by atoms with Gasteiger partial charge < -0.3 is 26.6 Å². The van der Waals surface area contributed by atoms with Crippen LogP contribution in [0.4, 0.5) is 4.79 Å². The fraction of sp³-hybridized carbons (Fsp3) is 0.375. The van der Waals surface area contributed by atoms with E-state index in [0.717, 1.165) is 0 Å². The number of hydrogen-bond acceptors (Lipinski definition) is 6. The van der Waals surface area contributed by atoms with Crippen LogP contribution >= 0.6 is 11.6 Å². The number of rotatable bonds is 8. The first kappa shape index (κ1) is 23.4. The van der Waals surface area contributed by atoms with Crippen molar-refractivity contribution in [3.8, 4) is 0 Å². The summed E-state index contributed by atoms with van der Waals surface area (Å²) in [4.78, 5) is 33.2. The topological polar surface area (TPSA) is 169 Å². The van der Waals surface area contributed by atoms with Gasteiger partial charge in [-0.15, -0.1) is 0 Å².